The maximum absolute atomic E-state index is 12.3. The molecule has 0 aliphatic carbocycles. The summed E-state index contributed by atoms with van der Waals surface area (Å²) in [4.78, 5) is 13.8. The van der Waals surface area contributed by atoms with Gasteiger partial charge in [0.05, 0.1) is 24.0 Å². The molecule has 94 valence electrons. The summed E-state index contributed by atoms with van der Waals surface area (Å²) in [6.45, 7) is 3.14. The van der Waals surface area contributed by atoms with E-state index in [0.29, 0.717) is 11.0 Å². The largest absolute Gasteiger partial charge is 0.464 e. The van der Waals surface area contributed by atoms with E-state index in [4.69, 9.17) is 4.42 Å². The molecule has 0 saturated carbocycles. The molecule has 3 heteroatoms. The van der Waals surface area contributed by atoms with Gasteiger partial charge in [-0.15, -0.1) is 0 Å². The summed E-state index contributed by atoms with van der Waals surface area (Å²) >= 11 is 0. The first-order valence-electron chi connectivity index (χ1n) is 6.67. The van der Waals surface area contributed by atoms with E-state index < -0.39 is 0 Å². The number of quaternary nitrogens is 1. The molecule has 18 heavy (non-hydrogen) atoms. The molecule has 0 bridgehead atoms. The molecule has 1 aliphatic heterocycles. The van der Waals surface area contributed by atoms with Gasteiger partial charge in [-0.25, -0.2) is 0 Å². The Morgan fingerprint density at radius 2 is 1.89 bits per heavy atom. The highest BCUT2D eigenvalue weighted by atomic mass is 16.3. The SMILES string of the molecule is O=c1c(C[NH+]2CCCCC2)coc2ccccc12. The van der Waals surface area contributed by atoms with E-state index in [1.165, 1.54) is 37.3 Å². The summed E-state index contributed by atoms with van der Waals surface area (Å²) < 4.78 is 5.55. The van der Waals surface area contributed by atoms with Crippen molar-refractivity contribution in [3.63, 3.8) is 0 Å². The number of rotatable bonds is 2. The fraction of sp³-hybridized carbons (Fsp3) is 0.400. The zero-order valence-electron chi connectivity index (χ0n) is 10.4. The van der Waals surface area contributed by atoms with Crippen molar-refractivity contribution in [2.45, 2.75) is 25.8 Å². The van der Waals surface area contributed by atoms with Crippen LogP contribution in [-0.2, 0) is 6.54 Å². The molecule has 2 aromatic rings. The number of nitrogens with one attached hydrogen (secondary N) is 1. The fourth-order valence-electron chi connectivity index (χ4n) is 2.74. The quantitative estimate of drug-likeness (QED) is 0.865. The zero-order chi connectivity index (χ0) is 12.4. The Morgan fingerprint density at radius 1 is 1.11 bits per heavy atom. The normalized spacial score (nSPS) is 17.1. The lowest BCUT2D eigenvalue weighted by molar-refractivity contribution is -0.918. The van der Waals surface area contributed by atoms with Crippen molar-refractivity contribution in [3.8, 4) is 0 Å². The van der Waals surface area contributed by atoms with E-state index in [1.54, 1.807) is 6.26 Å². The first kappa shape index (κ1) is 11.5. The van der Waals surface area contributed by atoms with Crippen molar-refractivity contribution in [3.05, 3.63) is 46.3 Å². The van der Waals surface area contributed by atoms with Gasteiger partial charge in [-0.1, -0.05) is 12.1 Å². The van der Waals surface area contributed by atoms with Crippen LogP contribution in [-0.4, -0.2) is 13.1 Å². The van der Waals surface area contributed by atoms with Crippen LogP contribution in [0.3, 0.4) is 0 Å². The van der Waals surface area contributed by atoms with Gasteiger partial charge in [0.25, 0.3) is 0 Å². The Balaban J connectivity index is 1.92. The van der Waals surface area contributed by atoms with Crippen LogP contribution in [0, 0.1) is 0 Å². The van der Waals surface area contributed by atoms with E-state index in [2.05, 4.69) is 0 Å². The summed E-state index contributed by atoms with van der Waals surface area (Å²) in [7, 11) is 0. The van der Waals surface area contributed by atoms with Gasteiger partial charge in [0.1, 0.15) is 18.4 Å². The van der Waals surface area contributed by atoms with Gasteiger partial charge in [-0.2, -0.15) is 0 Å². The maximum Gasteiger partial charge on any atom is 0.201 e. The standard InChI is InChI=1S/C15H17NO2/c17-15-12(10-16-8-4-1-5-9-16)11-18-14-7-3-2-6-13(14)15/h2-3,6-7,11H,1,4-5,8-10H2/p+1. The first-order chi connectivity index (χ1) is 8.84. The van der Waals surface area contributed by atoms with Crippen LogP contribution < -0.4 is 10.3 Å². The Hall–Kier alpha value is -1.61. The molecule has 0 amide bonds. The van der Waals surface area contributed by atoms with Crippen molar-refractivity contribution in [1.29, 1.82) is 0 Å². The Kier molecular flexibility index (Phi) is 3.15. The van der Waals surface area contributed by atoms with Crippen LogP contribution in [0.5, 0.6) is 0 Å². The first-order valence-corrected chi connectivity index (χ1v) is 6.67. The van der Waals surface area contributed by atoms with Gasteiger partial charge in [0, 0.05) is 0 Å². The molecule has 2 heterocycles. The number of para-hydroxylation sites is 1. The smallest absolute Gasteiger partial charge is 0.201 e. The van der Waals surface area contributed by atoms with E-state index in [-0.39, 0.29) is 5.43 Å². The second kappa shape index (κ2) is 4.94. The monoisotopic (exact) mass is 244 g/mol. The molecular weight excluding hydrogens is 226 g/mol. The van der Waals surface area contributed by atoms with Crippen LogP contribution in [0.2, 0.25) is 0 Å². The minimum Gasteiger partial charge on any atom is -0.464 e. The number of benzene rings is 1. The summed E-state index contributed by atoms with van der Waals surface area (Å²) in [6, 6.07) is 7.46. The lowest BCUT2D eigenvalue weighted by Gasteiger charge is -2.23. The lowest BCUT2D eigenvalue weighted by atomic mass is 10.1. The summed E-state index contributed by atoms with van der Waals surface area (Å²) in [5.41, 5.74) is 1.63. The van der Waals surface area contributed by atoms with Crippen molar-refractivity contribution in [2.24, 2.45) is 0 Å². The molecule has 3 rings (SSSR count). The van der Waals surface area contributed by atoms with Crippen molar-refractivity contribution in [2.75, 3.05) is 13.1 Å². The Bertz CT molecular complexity index is 597. The van der Waals surface area contributed by atoms with E-state index >= 15 is 0 Å². The Morgan fingerprint density at radius 3 is 2.72 bits per heavy atom. The van der Waals surface area contributed by atoms with Gasteiger partial charge >= 0.3 is 0 Å². The second-order valence-electron chi connectivity index (χ2n) is 5.07. The van der Waals surface area contributed by atoms with Crippen LogP contribution in [0.1, 0.15) is 24.8 Å². The molecule has 3 nitrogen and oxygen atoms in total. The third kappa shape index (κ3) is 2.18. The highest BCUT2D eigenvalue weighted by molar-refractivity contribution is 5.76. The van der Waals surface area contributed by atoms with Crippen molar-refractivity contribution in [1.82, 2.24) is 0 Å². The van der Waals surface area contributed by atoms with Crippen LogP contribution in [0.4, 0.5) is 0 Å². The average molecular weight is 244 g/mol. The number of likely N-dealkylation sites (tertiary alicyclic amines) is 1. The maximum atomic E-state index is 12.3. The summed E-state index contributed by atoms with van der Waals surface area (Å²) in [5, 5.41) is 0.700. The predicted octanol–water partition coefficient (Wildman–Crippen LogP) is 1.36. The average Bonchev–Trinajstić information content (AvgIpc) is 2.43. The molecule has 1 aliphatic rings. The number of piperidine rings is 1. The Labute approximate surface area is 106 Å². The number of fused-ring (bicyclic) bond motifs is 1. The molecule has 0 spiro atoms. The molecule has 1 N–H and O–H groups in total. The van der Waals surface area contributed by atoms with Crippen molar-refractivity contribution < 1.29 is 9.32 Å². The van der Waals surface area contributed by atoms with Gasteiger partial charge in [0.15, 0.2) is 0 Å². The summed E-state index contributed by atoms with van der Waals surface area (Å²) in [5.74, 6) is 0. The molecule has 1 aromatic carbocycles. The molecule has 0 atom stereocenters. The van der Waals surface area contributed by atoms with Gasteiger partial charge in [-0.3, -0.25) is 4.79 Å². The molecule has 0 radical (unpaired) electrons. The number of hydrogen-bond acceptors (Lipinski definition) is 2. The lowest BCUT2D eigenvalue weighted by Crippen LogP contribution is -3.11. The molecule has 1 saturated heterocycles. The van der Waals surface area contributed by atoms with Crippen molar-refractivity contribution >= 4 is 11.0 Å². The molecular formula is C15H18NO2+. The highest BCUT2D eigenvalue weighted by Gasteiger charge is 2.16. The molecule has 1 fully saturated rings. The zero-order valence-corrected chi connectivity index (χ0v) is 10.4. The minimum absolute atomic E-state index is 0.134. The van der Waals surface area contributed by atoms with Crippen LogP contribution >= 0.6 is 0 Å². The van der Waals surface area contributed by atoms with E-state index in [9.17, 15) is 4.79 Å². The topological polar surface area (TPSA) is 34.7 Å². The van der Waals surface area contributed by atoms with Gasteiger partial charge < -0.3 is 9.32 Å². The van der Waals surface area contributed by atoms with Gasteiger partial charge in [0.2, 0.25) is 5.43 Å². The molecule has 1 aromatic heterocycles. The third-order valence-electron chi connectivity index (χ3n) is 3.75. The van der Waals surface area contributed by atoms with Gasteiger partial charge in [-0.05, 0) is 31.4 Å². The van der Waals surface area contributed by atoms with Crippen LogP contribution in [0.25, 0.3) is 11.0 Å². The minimum atomic E-state index is 0.134. The predicted molar refractivity (Wildman–Crippen MR) is 70.7 cm³/mol. The summed E-state index contributed by atoms with van der Waals surface area (Å²) in [6.07, 6.45) is 5.52. The fourth-order valence-corrected chi connectivity index (χ4v) is 2.74. The highest BCUT2D eigenvalue weighted by Crippen LogP contribution is 2.10. The second-order valence-corrected chi connectivity index (χ2v) is 5.07. The van der Waals surface area contributed by atoms with E-state index in [1.807, 2.05) is 24.3 Å². The molecule has 0 unspecified atom stereocenters. The van der Waals surface area contributed by atoms with Crippen LogP contribution in [0.15, 0.2) is 39.7 Å². The third-order valence-corrected chi connectivity index (χ3v) is 3.75. The number of hydrogen-bond donors (Lipinski definition) is 1. The van der Waals surface area contributed by atoms with E-state index in [0.717, 1.165) is 12.1 Å².